The Bertz CT molecular complexity index is 838. The molecular weight excluding hydrogens is 304 g/mol. The second-order valence-electron chi connectivity index (χ2n) is 5.36. The van der Waals surface area contributed by atoms with Crippen molar-refractivity contribution in [1.82, 2.24) is 9.97 Å². The Morgan fingerprint density at radius 2 is 1.92 bits per heavy atom. The van der Waals surface area contributed by atoms with E-state index >= 15 is 0 Å². The molecule has 0 saturated carbocycles. The van der Waals surface area contributed by atoms with Gasteiger partial charge in [-0.15, -0.1) is 0 Å². The molecule has 0 radical (unpaired) electrons. The van der Waals surface area contributed by atoms with Crippen molar-refractivity contribution in [3.63, 3.8) is 0 Å². The standard InChI is InChI=1S/C18H14N4O2/c19-10-14-13(12-5-2-1-3-6-12)9-16(23)15(17(14)24)11-22-18-20-7-4-8-21-18/h1-8,11,13-14,24H,9H2. The molecule has 1 aromatic heterocycles. The van der Waals surface area contributed by atoms with Gasteiger partial charge in [-0.25, -0.2) is 15.0 Å². The molecule has 0 spiro atoms. The molecule has 1 aromatic carbocycles. The molecule has 0 aliphatic heterocycles. The highest BCUT2D eigenvalue weighted by Gasteiger charge is 2.36. The van der Waals surface area contributed by atoms with Crippen LogP contribution in [-0.4, -0.2) is 27.1 Å². The van der Waals surface area contributed by atoms with Crippen LogP contribution in [0.2, 0.25) is 0 Å². The Morgan fingerprint density at radius 3 is 2.58 bits per heavy atom. The van der Waals surface area contributed by atoms with Gasteiger partial charge in [0.15, 0.2) is 5.78 Å². The van der Waals surface area contributed by atoms with E-state index in [0.29, 0.717) is 0 Å². The highest BCUT2D eigenvalue weighted by Crippen LogP contribution is 2.37. The van der Waals surface area contributed by atoms with Gasteiger partial charge in [0, 0.05) is 30.9 Å². The van der Waals surface area contributed by atoms with Gasteiger partial charge in [-0.1, -0.05) is 30.3 Å². The maximum absolute atomic E-state index is 12.4. The monoisotopic (exact) mass is 318 g/mol. The van der Waals surface area contributed by atoms with Crippen molar-refractivity contribution in [2.24, 2.45) is 10.9 Å². The Kier molecular flexibility index (Phi) is 4.43. The van der Waals surface area contributed by atoms with Crippen molar-refractivity contribution in [2.75, 3.05) is 0 Å². The number of aromatic nitrogens is 2. The van der Waals surface area contributed by atoms with Gasteiger partial charge >= 0.3 is 0 Å². The van der Waals surface area contributed by atoms with Gasteiger partial charge in [-0.2, -0.15) is 5.26 Å². The van der Waals surface area contributed by atoms with Gasteiger partial charge < -0.3 is 5.11 Å². The fourth-order valence-corrected chi connectivity index (χ4v) is 2.71. The van der Waals surface area contributed by atoms with Crippen molar-refractivity contribution in [1.29, 1.82) is 5.26 Å². The summed E-state index contributed by atoms with van der Waals surface area (Å²) in [6.45, 7) is 0. The van der Waals surface area contributed by atoms with E-state index in [1.807, 2.05) is 30.3 Å². The molecule has 1 heterocycles. The molecule has 3 rings (SSSR count). The number of aliphatic hydroxyl groups excluding tert-OH is 1. The molecule has 0 amide bonds. The van der Waals surface area contributed by atoms with E-state index in [1.165, 1.54) is 18.6 Å². The van der Waals surface area contributed by atoms with Gasteiger partial charge in [0.2, 0.25) is 5.95 Å². The normalized spacial score (nSPS) is 21.0. The fraction of sp³-hybridized carbons (Fsp3) is 0.167. The maximum Gasteiger partial charge on any atom is 0.249 e. The summed E-state index contributed by atoms with van der Waals surface area (Å²) < 4.78 is 0. The number of carbonyl (C=O) groups excluding carboxylic acids is 1. The summed E-state index contributed by atoms with van der Waals surface area (Å²) >= 11 is 0. The predicted molar refractivity (Wildman–Crippen MR) is 87.7 cm³/mol. The van der Waals surface area contributed by atoms with Crippen molar-refractivity contribution in [3.8, 4) is 6.07 Å². The van der Waals surface area contributed by atoms with E-state index in [4.69, 9.17) is 0 Å². The van der Waals surface area contributed by atoms with E-state index in [2.05, 4.69) is 21.0 Å². The molecule has 1 aliphatic carbocycles. The number of rotatable bonds is 3. The Labute approximate surface area is 138 Å². The molecule has 0 bridgehead atoms. The number of hydrogen-bond acceptors (Lipinski definition) is 6. The summed E-state index contributed by atoms with van der Waals surface area (Å²) in [5, 5.41) is 19.9. The van der Waals surface area contributed by atoms with E-state index in [9.17, 15) is 15.2 Å². The van der Waals surface area contributed by atoms with Crippen LogP contribution in [0, 0.1) is 17.2 Å². The third-order valence-electron chi connectivity index (χ3n) is 3.91. The molecule has 6 heteroatoms. The van der Waals surface area contributed by atoms with Crippen LogP contribution < -0.4 is 0 Å². The zero-order chi connectivity index (χ0) is 16.9. The number of nitriles is 1. The van der Waals surface area contributed by atoms with Gasteiger partial charge in [0.1, 0.15) is 11.7 Å². The van der Waals surface area contributed by atoms with Crippen LogP contribution in [0.5, 0.6) is 0 Å². The number of ketones is 1. The van der Waals surface area contributed by atoms with Crippen LogP contribution in [0.1, 0.15) is 17.9 Å². The second-order valence-corrected chi connectivity index (χ2v) is 5.36. The van der Waals surface area contributed by atoms with E-state index in [1.54, 1.807) is 6.07 Å². The predicted octanol–water partition coefficient (Wildman–Crippen LogP) is 2.89. The van der Waals surface area contributed by atoms with Gasteiger partial charge in [-0.05, 0) is 11.6 Å². The first-order chi connectivity index (χ1) is 11.7. The molecular formula is C18H14N4O2. The van der Waals surface area contributed by atoms with Gasteiger partial charge in [-0.3, -0.25) is 4.79 Å². The van der Waals surface area contributed by atoms with E-state index in [0.717, 1.165) is 5.56 Å². The Balaban J connectivity index is 1.95. The zero-order valence-electron chi connectivity index (χ0n) is 12.7. The Hall–Kier alpha value is -3.33. The molecule has 2 aromatic rings. The SMILES string of the molecule is N#CC1C(O)=C(C=Nc2ncccn2)C(=O)CC1c1ccccc1. The highest BCUT2D eigenvalue weighted by atomic mass is 16.3. The van der Waals surface area contributed by atoms with Crippen molar-refractivity contribution < 1.29 is 9.90 Å². The number of carbonyl (C=O) groups is 1. The van der Waals surface area contributed by atoms with Crippen LogP contribution in [0.4, 0.5) is 5.95 Å². The van der Waals surface area contributed by atoms with Crippen LogP contribution >= 0.6 is 0 Å². The average Bonchev–Trinajstić information content (AvgIpc) is 2.63. The molecule has 118 valence electrons. The first-order valence-electron chi connectivity index (χ1n) is 7.42. The third-order valence-corrected chi connectivity index (χ3v) is 3.91. The number of nitrogens with zero attached hydrogens (tertiary/aromatic N) is 4. The first-order valence-corrected chi connectivity index (χ1v) is 7.42. The van der Waals surface area contributed by atoms with Gasteiger partial charge in [0.25, 0.3) is 0 Å². The number of aliphatic imine (C=N–C) groups is 1. The lowest BCUT2D eigenvalue weighted by Gasteiger charge is -2.26. The largest absolute Gasteiger partial charge is 0.510 e. The van der Waals surface area contributed by atoms with Crippen LogP contribution in [0.15, 0.2) is 65.1 Å². The van der Waals surface area contributed by atoms with Crippen molar-refractivity contribution >= 4 is 17.9 Å². The lowest BCUT2D eigenvalue weighted by molar-refractivity contribution is -0.116. The molecule has 0 saturated heterocycles. The first kappa shape index (κ1) is 15.6. The topological polar surface area (TPSA) is 99.2 Å². The summed E-state index contributed by atoms with van der Waals surface area (Å²) in [5.41, 5.74) is 0.896. The minimum absolute atomic E-state index is 0.0428. The summed E-state index contributed by atoms with van der Waals surface area (Å²) in [7, 11) is 0. The quantitative estimate of drug-likeness (QED) is 0.877. The van der Waals surface area contributed by atoms with E-state index in [-0.39, 0.29) is 35.4 Å². The van der Waals surface area contributed by atoms with E-state index < -0.39 is 5.92 Å². The van der Waals surface area contributed by atoms with Gasteiger partial charge in [0.05, 0.1) is 11.6 Å². The number of allylic oxidation sites excluding steroid dienone is 2. The minimum Gasteiger partial charge on any atom is -0.510 e. The van der Waals surface area contributed by atoms with Crippen LogP contribution in [0.25, 0.3) is 0 Å². The number of aliphatic hydroxyl groups is 1. The van der Waals surface area contributed by atoms with Crippen molar-refractivity contribution in [2.45, 2.75) is 12.3 Å². The molecule has 6 nitrogen and oxygen atoms in total. The second kappa shape index (κ2) is 6.84. The lowest BCUT2D eigenvalue weighted by Crippen LogP contribution is -2.27. The molecule has 2 unspecified atom stereocenters. The maximum atomic E-state index is 12.4. The molecule has 1 N–H and O–H groups in total. The smallest absolute Gasteiger partial charge is 0.249 e. The zero-order valence-corrected chi connectivity index (χ0v) is 12.7. The molecule has 1 aliphatic rings. The van der Waals surface area contributed by atoms with Crippen LogP contribution in [0.3, 0.4) is 0 Å². The number of hydrogen-bond donors (Lipinski definition) is 1. The average molecular weight is 318 g/mol. The number of benzene rings is 1. The summed E-state index contributed by atoms with van der Waals surface area (Å²) in [5.74, 6) is -1.48. The Morgan fingerprint density at radius 1 is 1.21 bits per heavy atom. The van der Waals surface area contributed by atoms with Crippen molar-refractivity contribution in [3.05, 3.63) is 65.7 Å². The molecule has 24 heavy (non-hydrogen) atoms. The fourth-order valence-electron chi connectivity index (χ4n) is 2.71. The minimum atomic E-state index is -0.789. The summed E-state index contributed by atoms with van der Waals surface area (Å²) in [6.07, 6.45) is 4.43. The molecule has 2 atom stereocenters. The summed E-state index contributed by atoms with van der Waals surface area (Å²) in [6, 6.07) is 13.0. The highest BCUT2D eigenvalue weighted by molar-refractivity contribution is 6.15. The third kappa shape index (κ3) is 3.06. The van der Waals surface area contributed by atoms with Crippen LogP contribution in [-0.2, 0) is 4.79 Å². The number of Topliss-reactive ketones (excluding diaryl/α,β-unsaturated/α-hetero) is 1. The lowest BCUT2D eigenvalue weighted by atomic mass is 9.76. The summed E-state index contributed by atoms with van der Waals surface area (Å²) in [4.78, 5) is 24.3. The molecule has 0 fully saturated rings.